The molecule has 0 atom stereocenters. The van der Waals surface area contributed by atoms with E-state index in [1.807, 2.05) is 36.4 Å². The summed E-state index contributed by atoms with van der Waals surface area (Å²) >= 11 is 0. The van der Waals surface area contributed by atoms with E-state index in [9.17, 15) is 0 Å². The highest BCUT2D eigenvalue weighted by Crippen LogP contribution is 2.53. The van der Waals surface area contributed by atoms with Crippen molar-refractivity contribution < 1.29 is 0 Å². The van der Waals surface area contributed by atoms with Crippen molar-refractivity contribution in [3.8, 4) is 40.1 Å². The van der Waals surface area contributed by atoms with Gasteiger partial charge in [0.05, 0.1) is 50.0 Å². The maximum Gasteiger partial charge on any atom is 0.238 e. The maximum atomic E-state index is 5.22. The van der Waals surface area contributed by atoms with E-state index in [2.05, 4.69) is 228 Å². The van der Waals surface area contributed by atoms with Crippen molar-refractivity contribution in [3.63, 3.8) is 0 Å². The average molecular weight is 976 g/mol. The molecule has 15 aromatic rings. The Morgan fingerprint density at radius 3 is 1.36 bits per heavy atom. The lowest BCUT2D eigenvalue weighted by Crippen LogP contribution is -2.26. The quantitative estimate of drug-likeness (QED) is 0.192. The Hall–Kier alpha value is -9.59. The first-order chi connectivity index (χ1) is 37.3. The number of H-pyrrole nitrogens is 1. The van der Waals surface area contributed by atoms with Crippen molar-refractivity contribution in [2.24, 2.45) is 0 Å². The van der Waals surface area contributed by atoms with Gasteiger partial charge in [0.15, 0.2) is 11.6 Å². The van der Waals surface area contributed by atoms with Crippen LogP contribution in [0.2, 0.25) is 0 Å². The fraction of sp³-hybridized carbons (Fsp3) is 0.0870. The minimum atomic E-state index is -0.204. The Balaban J connectivity index is 0.000000143. The first-order valence-corrected chi connectivity index (χ1v) is 26.3. The SMILES string of the molecule is CC1(C)c2ccccc2-n2c3ccccc3c3c2c1cc1c2ccccc2n(-c2nc(-c4ccccc4)nc(-c4ccccc4)n2)c13.CC1(C)c2ccccc2-n2c3ccccc3c3c4[nH]c5ccccc5c4cc1c32. The van der Waals surface area contributed by atoms with Crippen molar-refractivity contribution in [2.45, 2.75) is 38.5 Å². The normalized spacial score (nSPS) is 14.0. The molecule has 10 aromatic carbocycles. The summed E-state index contributed by atoms with van der Waals surface area (Å²) in [7, 11) is 0. The first kappa shape index (κ1) is 42.9. The van der Waals surface area contributed by atoms with E-state index in [1.165, 1.54) is 110 Å². The van der Waals surface area contributed by atoms with Crippen LogP contribution in [0.25, 0.3) is 127 Å². The molecular weight excluding hydrogens is 927 g/mol. The van der Waals surface area contributed by atoms with Crippen molar-refractivity contribution in [1.82, 2.24) is 33.6 Å². The van der Waals surface area contributed by atoms with Crippen LogP contribution in [-0.4, -0.2) is 33.6 Å². The van der Waals surface area contributed by atoms with Gasteiger partial charge in [-0.15, -0.1) is 0 Å². The molecular formula is C69H49N7. The molecule has 2 aliphatic rings. The lowest BCUT2D eigenvalue weighted by molar-refractivity contribution is 0.631. The highest BCUT2D eigenvalue weighted by atomic mass is 15.2. The van der Waals surface area contributed by atoms with Gasteiger partial charge in [-0.25, -0.2) is 4.98 Å². The topological polar surface area (TPSA) is 69.2 Å². The van der Waals surface area contributed by atoms with Gasteiger partial charge in [-0.2, -0.15) is 9.97 Å². The highest BCUT2D eigenvalue weighted by Gasteiger charge is 2.38. The van der Waals surface area contributed by atoms with E-state index in [0.717, 1.165) is 22.2 Å². The van der Waals surface area contributed by atoms with E-state index < -0.39 is 0 Å². The Morgan fingerprint density at radius 2 is 0.776 bits per heavy atom. The molecule has 0 unspecified atom stereocenters. The molecule has 0 radical (unpaired) electrons. The summed E-state index contributed by atoms with van der Waals surface area (Å²) in [5.74, 6) is 1.89. The van der Waals surface area contributed by atoms with Crippen LogP contribution in [0.15, 0.2) is 218 Å². The number of hydrogen-bond acceptors (Lipinski definition) is 3. The Kier molecular flexibility index (Phi) is 8.73. The Morgan fingerprint density at radius 1 is 0.342 bits per heavy atom. The molecule has 0 aliphatic carbocycles. The number of nitrogens with one attached hydrogen (secondary N) is 1. The largest absolute Gasteiger partial charge is 0.354 e. The molecule has 1 N–H and O–H groups in total. The standard InChI is InChI=1S/C42H29N5.C27H20N2/c1-42(2)31-21-11-14-24-35(31)46-34-23-13-10-20-29(34)36-37-30(25-32(42)38(36)46)28-19-9-12-22-33(28)47(37)41-44-39(26-15-5-3-6-16-26)43-40(45-41)27-17-7-4-8-18-27;1-27(2)19-11-5-8-14-23(19)29-22-13-7-4-10-17(22)24-25-18(15-20(27)26(24)29)16-9-3-6-12-21(16)28-25/h3-25H,1-2H3;3-15,28H,1-2H3. The number of rotatable bonds is 3. The maximum absolute atomic E-state index is 5.22. The molecule has 0 saturated heterocycles. The molecule has 0 fully saturated rings. The number of hydrogen-bond donors (Lipinski definition) is 1. The van der Waals surface area contributed by atoms with Crippen LogP contribution in [0.1, 0.15) is 49.9 Å². The minimum Gasteiger partial charge on any atom is -0.354 e. The predicted octanol–water partition coefficient (Wildman–Crippen LogP) is 17.1. The van der Waals surface area contributed by atoms with Gasteiger partial charge in [-0.3, -0.25) is 4.57 Å². The summed E-state index contributed by atoms with van der Waals surface area (Å²) in [5, 5.41) is 10.1. The van der Waals surface area contributed by atoms with Crippen LogP contribution in [0.4, 0.5) is 0 Å². The third-order valence-corrected chi connectivity index (χ3v) is 16.9. The van der Waals surface area contributed by atoms with Gasteiger partial charge in [0.25, 0.3) is 0 Å². The number of aromatic nitrogens is 7. The zero-order valence-corrected chi connectivity index (χ0v) is 42.5. The van der Waals surface area contributed by atoms with Crippen LogP contribution < -0.4 is 0 Å². The van der Waals surface area contributed by atoms with Crippen molar-refractivity contribution in [3.05, 3.63) is 241 Å². The van der Waals surface area contributed by atoms with Crippen LogP contribution >= 0.6 is 0 Å². The van der Waals surface area contributed by atoms with Crippen molar-refractivity contribution in [2.75, 3.05) is 0 Å². The summed E-state index contributed by atoms with van der Waals surface area (Å²) in [4.78, 5) is 19.2. The van der Waals surface area contributed by atoms with E-state index in [-0.39, 0.29) is 10.8 Å². The van der Waals surface area contributed by atoms with Gasteiger partial charge in [0, 0.05) is 70.6 Å². The van der Waals surface area contributed by atoms with E-state index >= 15 is 0 Å². The number of aromatic amines is 1. The zero-order chi connectivity index (χ0) is 50.6. The number of benzene rings is 10. The van der Waals surface area contributed by atoms with Crippen LogP contribution in [-0.2, 0) is 10.8 Å². The lowest BCUT2D eigenvalue weighted by Gasteiger charge is -2.34. The van der Waals surface area contributed by atoms with Gasteiger partial charge >= 0.3 is 0 Å². The smallest absolute Gasteiger partial charge is 0.238 e. The van der Waals surface area contributed by atoms with Crippen molar-refractivity contribution >= 4 is 87.2 Å². The average Bonchev–Trinajstić information content (AvgIpc) is 4.36. The molecule has 17 rings (SSSR count). The third-order valence-electron chi connectivity index (χ3n) is 16.9. The molecule has 76 heavy (non-hydrogen) atoms. The van der Waals surface area contributed by atoms with Crippen LogP contribution in [0.5, 0.6) is 0 Å². The summed E-state index contributed by atoms with van der Waals surface area (Å²) in [6.45, 7) is 9.44. The molecule has 360 valence electrons. The van der Waals surface area contributed by atoms with E-state index in [4.69, 9.17) is 15.0 Å². The van der Waals surface area contributed by atoms with Gasteiger partial charge in [-0.1, -0.05) is 198 Å². The van der Waals surface area contributed by atoms with Gasteiger partial charge in [0.1, 0.15) is 0 Å². The fourth-order valence-electron chi connectivity index (χ4n) is 13.3. The fourth-order valence-corrected chi connectivity index (χ4v) is 13.3. The molecule has 5 aromatic heterocycles. The molecule has 2 aliphatic heterocycles. The van der Waals surface area contributed by atoms with Gasteiger partial charge in [-0.05, 0) is 70.8 Å². The first-order valence-electron chi connectivity index (χ1n) is 26.3. The molecule has 7 heteroatoms. The van der Waals surface area contributed by atoms with E-state index in [0.29, 0.717) is 17.6 Å². The number of fused-ring (bicyclic) bond motifs is 18. The lowest BCUT2D eigenvalue weighted by atomic mass is 9.74. The monoisotopic (exact) mass is 975 g/mol. The van der Waals surface area contributed by atoms with Crippen molar-refractivity contribution in [1.29, 1.82) is 0 Å². The summed E-state index contributed by atoms with van der Waals surface area (Å²) in [6, 6.07) is 77.9. The second-order valence-corrected chi connectivity index (χ2v) is 21.6. The summed E-state index contributed by atoms with van der Waals surface area (Å²) in [6.07, 6.45) is 0. The van der Waals surface area contributed by atoms with E-state index in [1.54, 1.807) is 0 Å². The van der Waals surface area contributed by atoms with Gasteiger partial charge in [0.2, 0.25) is 5.95 Å². The second kappa shape index (κ2) is 15.5. The zero-order valence-electron chi connectivity index (χ0n) is 42.5. The number of nitrogens with zero attached hydrogens (tertiary/aromatic N) is 6. The minimum absolute atomic E-state index is 0.0637. The number of para-hydroxylation sites is 6. The third kappa shape index (κ3) is 5.74. The van der Waals surface area contributed by atoms with Crippen LogP contribution in [0.3, 0.4) is 0 Å². The highest BCUT2D eigenvalue weighted by molar-refractivity contribution is 6.28. The second-order valence-electron chi connectivity index (χ2n) is 21.6. The predicted molar refractivity (Wildman–Crippen MR) is 314 cm³/mol. The summed E-state index contributed by atoms with van der Waals surface area (Å²) in [5.41, 5.74) is 19.3. The van der Waals surface area contributed by atoms with Crippen LogP contribution in [0, 0.1) is 0 Å². The summed E-state index contributed by atoms with van der Waals surface area (Å²) < 4.78 is 7.22. The van der Waals surface area contributed by atoms with Gasteiger partial charge < -0.3 is 14.1 Å². The molecule has 0 amide bonds. The Labute approximate surface area is 438 Å². The Bertz CT molecular complexity index is 4870. The molecule has 0 bridgehead atoms. The molecule has 0 saturated carbocycles. The molecule has 0 spiro atoms. The molecule has 7 nitrogen and oxygen atoms in total. The molecule has 7 heterocycles.